The van der Waals surface area contributed by atoms with Gasteiger partial charge in [0.15, 0.2) is 5.13 Å². The normalized spacial score (nSPS) is 10.8. The number of rotatable bonds is 9. The van der Waals surface area contributed by atoms with E-state index in [2.05, 4.69) is 15.0 Å². The number of carbonyl (C=O) groups is 1. The third-order valence-electron chi connectivity index (χ3n) is 1.91. The van der Waals surface area contributed by atoms with E-state index in [0.717, 1.165) is 0 Å². The molecule has 18 heavy (non-hydrogen) atoms. The van der Waals surface area contributed by atoms with Gasteiger partial charge in [-0.15, -0.1) is 11.3 Å². The van der Waals surface area contributed by atoms with Crippen LogP contribution in [0.1, 0.15) is 12.1 Å². The average molecular weight is 280 g/mol. The first kappa shape index (κ1) is 14.8. The molecule has 8 heteroatoms. The lowest BCUT2D eigenvalue weighted by atomic mass is 10.2. The van der Waals surface area contributed by atoms with Gasteiger partial charge >= 0.3 is 5.97 Å². The summed E-state index contributed by atoms with van der Waals surface area (Å²) in [6.07, 6.45) is -2.02. The number of aryl methyl sites for hydroxylation is 1. The highest BCUT2D eigenvalue weighted by Gasteiger charge is 2.05. The van der Waals surface area contributed by atoms with Crippen molar-refractivity contribution in [3.8, 4) is 0 Å². The minimum atomic E-state index is -2.45. The fraction of sp³-hybridized carbons (Fsp3) is 0.600. The van der Waals surface area contributed by atoms with Crippen LogP contribution in [-0.2, 0) is 16.0 Å². The summed E-state index contributed by atoms with van der Waals surface area (Å²) in [6, 6.07) is 0. The number of ether oxygens (including phenoxy) is 1. The van der Waals surface area contributed by atoms with E-state index in [1.807, 2.05) is 0 Å². The number of nitrogens with one attached hydrogen (secondary N) is 1. The van der Waals surface area contributed by atoms with E-state index < -0.39 is 19.0 Å². The number of halogens is 2. The Morgan fingerprint density at radius 2 is 2.39 bits per heavy atom. The molecule has 0 radical (unpaired) electrons. The highest BCUT2D eigenvalue weighted by Crippen LogP contribution is 2.16. The molecule has 0 atom stereocenters. The van der Waals surface area contributed by atoms with Crippen LogP contribution in [0.25, 0.3) is 0 Å². The molecule has 0 unspecified atom stereocenters. The van der Waals surface area contributed by atoms with Crippen molar-refractivity contribution in [1.82, 2.24) is 4.98 Å². The van der Waals surface area contributed by atoms with E-state index in [0.29, 0.717) is 23.8 Å². The van der Waals surface area contributed by atoms with Crippen molar-refractivity contribution in [2.24, 2.45) is 0 Å². The molecule has 102 valence electrons. The molecule has 0 aliphatic carbocycles. The third kappa shape index (κ3) is 6.45. The number of hydrogen-bond donors (Lipinski definition) is 2. The van der Waals surface area contributed by atoms with Gasteiger partial charge in [-0.2, -0.15) is 0 Å². The molecule has 0 spiro atoms. The van der Waals surface area contributed by atoms with E-state index in [4.69, 9.17) is 5.11 Å². The van der Waals surface area contributed by atoms with Gasteiger partial charge in [0.1, 0.15) is 6.61 Å². The Labute approximate surface area is 107 Å². The maximum atomic E-state index is 11.7. The molecule has 2 N–H and O–H groups in total. The first-order chi connectivity index (χ1) is 8.58. The third-order valence-corrected chi connectivity index (χ3v) is 2.76. The van der Waals surface area contributed by atoms with Crippen LogP contribution < -0.4 is 5.32 Å². The van der Waals surface area contributed by atoms with Gasteiger partial charge in [0.05, 0.1) is 18.7 Å². The van der Waals surface area contributed by atoms with E-state index in [9.17, 15) is 13.6 Å². The first-order valence-electron chi connectivity index (χ1n) is 5.34. The summed E-state index contributed by atoms with van der Waals surface area (Å²) in [7, 11) is 0. The molecule has 5 nitrogen and oxygen atoms in total. The molecule has 1 aromatic heterocycles. The Balaban J connectivity index is 2.17. The van der Waals surface area contributed by atoms with Crippen molar-refractivity contribution in [3.05, 3.63) is 11.1 Å². The van der Waals surface area contributed by atoms with Gasteiger partial charge in [-0.3, -0.25) is 4.79 Å². The molecule has 0 aromatic carbocycles. The van der Waals surface area contributed by atoms with Crippen molar-refractivity contribution in [2.45, 2.75) is 19.3 Å². The summed E-state index contributed by atoms with van der Waals surface area (Å²) in [5, 5.41) is 13.8. The van der Waals surface area contributed by atoms with Crippen LogP contribution in [0.4, 0.5) is 13.9 Å². The van der Waals surface area contributed by atoms with Gasteiger partial charge in [0, 0.05) is 18.3 Å². The molecule has 1 aromatic rings. The Kier molecular flexibility index (Phi) is 6.51. The Morgan fingerprint density at radius 1 is 1.61 bits per heavy atom. The van der Waals surface area contributed by atoms with E-state index in [-0.39, 0.29) is 13.0 Å². The summed E-state index contributed by atoms with van der Waals surface area (Å²) < 4.78 is 28.2. The first-order valence-corrected chi connectivity index (χ1v) is 6.22. The highest BCUT2D eigenvalue weighted by atomic mass is 32.1. The number of hydrogen-bond acceptors (Lipinski definition) is 5. The summed E-state index contributed by atoms with van der Waals surface area (Å²) >= 11 is 1.35. The molecule has 0 saturated carbocycles. The smallest absolute Gasteiger partial charge is 0.303 e. The van der Waals surface area contributed by atoms with Crippen molar-refractivity contribution in [1.29, 1.82) is 0 Å². The maximum absolute atomic E-state index is 11.7. The zero-order chi connectivity index (χ0) is 13.4. The monoisotopic (exact) mass is 280 g/mol. The molecule has 0 saturated heterocycles. The number of anilines is 1. The fourth-order valence-electron chi connectivity index (χ4n) is 1.14. The maximum Gasteiger partial charge on any atom is 0.303 e. The second kappa shape index (κ2) is 7.93. The zero-order valence-corrected chi connectivity index (χ0v) is 10.4. The van der Waals surface area contributed by atoms with Crippen LogP contribution in [0.5, 0.6) is 0 Å². The van der Waals surface area contributed by atoms with Crippen molar-refractivity contribution in [3.63, 3.8) is 0 Å². The van der Waals surface area contributed by atoms with Crippen molar-refractivity contribution in [2.75, 3.05) is 25.1 Å². The van der Waals surface area contributed by atoms with Crippen molar-refractivity contribution >= 4 is 22.4 Å². The summed E-state index contributed by atoms with van der Waals surface area (Å²) in [6.45, 7) is -0.00358. The number of aromatic nitrogens is 1. The van der Waals surface area contributed by atoms with Crippen LogP contribution in [0.2, 0.25) is 0 Å². The second-order valence-electron chi connectivity index (χ2n) is 3.43. The summed E-state index contributed by atoms with van der Waals surface area (Å²) in [5.41, 5.74) is 0.707. The number of thiazole rings is 1. The van der Waals surface area contributed by atoms with Crippen LogP contribution in [0.15, 0.2) is 5.38 Å². The molecular formula is C10H14F2N2O3S. The lowest BCUT2D eigenvalue weighted by Gasteiger charge is -2.03. The van der Waals surface area contributed by atoms with Gasteiger partial charge in [-0.05, 0) is 0 Å². The van der Waals surface area contributed by atoms with E-state index in [1.54, 1.807) is 5.38 Å². The topological polar surface area (TPSA) is 71.5 Å². The lowest BCUT2D eigenvalue weighted by Crippen LogP contribution is -2.13. The van der Waals surface area contributed by atoms with Gasteiger partial charge in [0.2, 0.25) is 0 Å². The van der Waals surface area contributed by atoms with E-state index in [1.165, 1.54) is 11.3 Å². The minimum absolute atomic E-state index is 0.0423. The minimum Gasteiger partial charge on any atom is -0.481 e. The Morgan fingerprint density at radius 3 is 3.06 bits per heavy atom. The molecular weight excluding hydrogens is 266 g/mol. The number of aliphatic carboxylic acids is 1. The standard InChI is InChI=1S/C10H14F2N2O3S/c11-8(12)5-17-4-3-13-10-14-7(6-18-10)1-2-9(15)16/h6,8H,1-5H2,(H,13,14)(H,15,16). The number of carboxylic acids is 1. The molecule has 1 rings (SSSR count). The summed E-state index contributed by atoms with van der Waals surface area (Å²) in [4.78, 5) is 14.5. The van der Waals surface area contributed by atoms with Gasteiger partial charge in [0.25, 0.3) is 6.43 Å². The van der Waals surface area contributed by atoms with Gasteiger partial charge in [-0.1, -0.05) is 0 Å². The van der Waals surface area contributed by atoms with Crippen LogP contribution in [-0.4, -0.2) is 42.2 Å². The van der Waals surface area contributed by atoms with Crippen LogP contribution >= 0.6 is 11.3 Å². The molecule has 0 aliphatic rings. The molecule has 1 heterocycles. The van der Waals surface area contributed by atoms with E-state index >= 15 is 0 Å². The predicted octanol–water partition coefficient (Wildman–Crippen LogP) is 1.85. The zero-order valence-electron chi connectivity index (χ0n) is 9.57. The highest BCUT2D eigenvalue weighted by molar-refractivity contribution is 7.13. The number of alkyl halides is 2. The SMILES string of the molecule is O=C(O)CCc1csc(NCCOCC(F)F)n1. The Hall–Kier alpha value is -1.28. The molecule has 0 amide bonds. The lowest BCUT2D eigenvalue weighted by molar-refractivity contribution is -0.136. The fourth-order valence-corrected chi connectivity index (χ4v) is 1.91. The quantitative estimate of drug-likeness (QED) is 0.675. The second-order valence-corrected chi connectivity index (χ2v) is 4.29. The molecule has 0 fully saturated rings. The van der Waals surface area contributed by atoms with Gasteiger partial charge < -0.3 is 15.2 Å². The van der Waals surface area contributed by atoms with Crippen molar-refractivity contribution < 1.29 is 23.4 Å². The van der Waals surface area contributed by atoms with Crippen LogP contribution in [0.3, 0.4) is 0 Å². The summed E-state index contributed by atoms with van der Waals surface area (Å²) in [5.74, 6) is -0.863. The van der Waals surface area contributed by atoms with Crippen LogP contribution in [0, 0.1) is 0 Å². The number of carboxylic acid groups (broad SMARTS) is 1. The molecule has 0 aliphatic heterocycles. The predicted molar refractivity (Wildman–Crippen MR) is 63.4 cm³/mol. The number of nitrogens with zero attached hydrogens (tertiary/aromatic N) is 1. The average Bonchev–Trinajstić information content (AvgIpc) is 2.73. The Bertz CT molecular complexity index is 374. The largest absolute Gasteiger partial charge is 0.481 e. The van der Waals surface area contributed by atoms with Gasteiger partial charge in [-0.25, -0.2) is 13.8 Å². The molecule has 0 bridgehead atoms.